The smallest absolute Gasteiger partial charge is 0.405 e. The fourth-order valence-electron chi connectivity index (χ4n) is 1.35. The fourth-order valence-corrected chi connectivity index (χ4v) is 1.35. The maximum Gasteiger partial charge on any atom is 0.405 e. The minimum absolute atomic E-state index is 0.0477. The topological polar surface area (TPSA) is 64.6 Å². The van der Waals surface area contributed by atoms with E-state index in [0.717, 1.165) is 5.56 Å². The number of alkyl halides is 3. The van der Waals surface area contributed by atoms with E-state index in [4.69, 9.17) is 4.74 Å². The lowest BCUT2D eigenvalue weighted by Crippen LogP contribution is -2.36. The van der Waals surface area contributed by atoms with Gasteiger partial charge in [0.1, 0.15) is 12.3 Å². The largest absolute Gasteiger partial charge is 0.493 e. The van der Waals surface area contributed by atoms with Crippen molar-refractivity contribution in [2.45, 2.75) is 19.5 Å². The maximum absolute atomic E-state index is 11.8. The van der Waals surface area contributed by atoms with E-state index < -0.39 is 31.2 Å². The molecule has 0 fully saturated rings. The molecule has 0 unspecified atom stereocenters. The summed E-state index contributed by atoms with van der Waals surface area (Å²) in [6, 6.07) is 7.17. The first-order valence-corrected chi connectivity index (χ1v) is 6.45. The van der Waals surface area contributed by atoms with E-state index in [1.165, 1.54) is 0 Å². The Kier molecular flexibility index (Phi) is 6.68. The number of nitrogens with one attached hydrogen (secondary N) is 1. The van der Waals surface area contributed by atoms with Gasteiger partial charge in [-0.15, -0.1) is 0 Å². The Morgan fingerprint density at radius 2 is 1.82 bits per heavy atom. The predicted molar refractivity (Wildman–Crippen MR) is 71.3 cm³/mol. The van der Waals surface area contributed by atoms with Crippen LogP contribution in [0.4, 0.5) is 13.2 Å². The third-order valence-electron chi connectivity index (χ3n) is 2.45. The van der Waals surface area contributed by atoms with Crippen molar-refractivity contribution in [1.82, 2.24) is 5.32 Å². The lowest BCUT2D eigenvalue weighted by molar-refractivity contribution is -0.151. The Hall–Kier alpha value is -2.25. The van der Waals surface area contributed by atoms with Gasteiger partial charge in [0.05, 0.1) is 13.0 Å². The van der Waals surface area contributed by atoms with Crippen LogP contribution < -0.4 is 10.1 Å². The first-order chi connectivity index (χ1) is 10.3. The Morgan fingerprint density at radius 3 is 2.41 bits per heavy atom. The minimum Gasteiger partial charge on any atom is -0.493 e. The van der Waals surface area contributed by atoms with Crippen LogP contribution in [0.1, 0.15) is 12.0 Å². The number of halogens is 3. The summed E-state index contributed by atoms with van der Waals surface area (Å²) < 4.78 is 45.3. The van der Waals surface area contributed by atoms with Crippen molar-refractivity contribution in [3.8, 4) is 5.75 Å². The van der Waals surface area contributed by atoms with Gasteiger partial charge in [-0.3, -0.25) is 9.59 Å². The van der Waals surface area contributed by atoms with E-state index in [-0.39, 0.29) is 13.0 Å². The second-order valence-electron chi connectivity index (χ2n) is 4.46. The predicted octanol–water partition coefficient (Wildman–Crippen LogP) is 1.99. The average molecular weight is 319 g/mol. The monoisotopic (exact) mass is 319 g/mol. The number of carbonyl (C=O) groups is 2. The number of rotatable bonds is 7. The molecule has 0 aromatic heterocycles. The molecule has 0 radical (unpaired) electrons. The van der Waals surface area contributed by atoms with Crippen LogP contribution >= 0.6 is 0 Å². The average Bonchev–Trinajstić information content (AvgIpc) is 2.44. The Morgan fingerprint density at radius 1 is 1.18 bits per heavy atom. The second kappa shape index (κ2) is 8.26. The summed E-state index contributed by atoms with van der Waals surface area (Å²) in [6.07, 6.45) is -4.61. The lowest BCUT2D eigenvalue weighted by atomic mass is 10.2. The Balaban J connectivity index is 2.15. The molecule has 8 heteroatoms. The van der Waals surface area contributed by atoms with Gasteiger partial charge >= 0.3 is 12.1 Å². The van der Waals surface area contributed by atoms with Crippen molar-refractivity contribution >= 4 is 11.9 Å². The summed E-state index contributed by atoms with van der Waals surface area (Å²) in [5.74, 6) is -1.15. The number of hydrogen-bond donors (Lipinski definition) is 1. The summed E-state index contributed by atoms with van der Waals surface area (Å²) in [4.78, 5) is 22.3. The summed E-state index contributed by atoms with van der Waals surface area (Å²) in [7, 11) is 0. The first-order valence-electron chi connectivity index (χ1n) is 6.45. The molecule has 0 spiro atoms. The molecule has 0 aliphatic heterocycles. The molecule has 0 aliphatic rings. The molecule has 0 saturated heterocycles. The van der Waals surface area contributed by atoms with Crippen molar-refractivity contribution in [1.29, 1.82) is 0 Å². The van der Waals surface area contributed by atoms with Crippen LogP contribution in [0.5, 0.6) is 5.75 Å². The molecule has 5 nitrogen and oxygen atoms in total. The molecule has 0 atom stereocenters. The zero-order valence-corrected chi connectivity index (χ0v) is 11.9. The molecule has 0 saturated carbocycles. The number of ether oxygens (including phenoxy) is 2. The van der Waals surface area contributed by atoms with Crippen LogP contribution in [0.3, 0.4) is 0 Å². The summed E-state index contributed by atoms with van der Waals surface area (Å²) in [5, 5.41) is 1.59. The van der Waals surface area contributed by atoms with Crippen molar-refractivity contribution in [3.63, 3.8) is 0 Å². The summed E-state index contributed by atoms with van der Waals surface area (Å²) in [6.45, 7) is -0.240. The molecular formula is C14H16F3NO4. The zero-order valence-electron chi connectivity index (χ0n) is 11.9. The number of hydrogen-bond acceptors (Lipinski definition) is 4. The van der Waals surface area contributed by atoms with Crippen LogP contribution in [0.25, 0.3) is 0 Å². The van der Waals surface area contributed by atoms with Gasteiger partial charge in [-0.2, -0.15) is 13.2 Å². The Labute approximate surface area is 125 Å². The Bertz CT molecular complexity index is 500. The zero-order chi connectivity index (χ0) is 16.6. The molecule has 0 bridgehead atoms. The maximum atomic E-state index is 11.8. The van der Waals surface area contributed by atoms with Gasteiger partial charge in [-0.1, -0.05) is 17.7 Å². The highest BCUT2D eigenvalue weighted by atomic mass is 19.4. The van der Waals surface area contributed by atoms with Crippen LogP contribution in [-0.4, -0.2) is 37.8 Å². The van der Waals surface area contributed by atoms with E-state index in [1.54, 1.807) is 17.4 Å². The van der Waals surface area contributed by atoms with Gasteiger partial charge in [-0.05, 0) is 19.1 Å². The summed E-state index contributed by atoms with van der Waals surface area (Å²) in [5.41, 5.74) is 1.07. The lowest BCUT2D eigenvalue weighted by Gasteiger charge is -2.09. The molecule has 1 amide bonds. The number of benzene rings is 1. The van der Waals surface area contributed by atoms with Crippen molar-refractivity contribution < 1.29 is 32.2 Å². The normalized spacial score (nSPS) is 10.9. The van der Waals surface area contributed by atoms with Gasteiger partial charge in [0.25, 0.3) is 5.91 Å². The number of carbonyl (C=O) groups excluding carboxylic acids is 2. The van der Waals surface area contributed by atoms with Gasteiger partial charge in [0, 0.05) is 0 Å². The molecule has 0 heterocycles. The third kappa shape index (κ3) is 8.13. The third-order valence-corrected chi connectivity index (χ3v) is 2.45. The van der Waals surface area contributed by atoms with Gasteiger partial charge < -0.3 is 14.8 Å². The van der Waals surface area contributed by atoms with E-state index in [2.05, 4.69) is 4.74 Å². The quantitative estimate of drug-likeness (QED) is 0.781. The molecule has 122 valence electrons. The summed E-state index contributed by atoms with van der Waals surface area (Å²) >= 11 is 0. The highest BCUT2D eigenvalue weighted by molar-refractivity contribution is 5.80. The van der Waals surface area contributed by atoms with E-state index in [9.17, 15) is 22.8 Å². The highest BCUT2D eigenvalue weighted by Gasteiger charge is 2.27. The van der Waals surface area contributed by atoms with Crippen molar-refractivity contribution in [2.75, 3.05) is 19.8 Å². The SMILES string of the molecule is Cc1ccc(OCCC(=O)OCC(=O)NCC(F)(F)F)cc1. The molecule has 0 aliphatic carbocycles. The molecule has 1 N–H and O–H groups in total. The van der Waals surface area contributed by atoms with Crippen LogP contribution in [-0.2, 0) is 14.3 Å². The van der Waals surface area contributed by atoms with E-state index in [0.29, 0.717) is 5.75 Å². The fraction of sp³-hybridized carbons (Fsp3) is 0.429. The van der Waals surface area contributed by atoms with Gasteiger partial charge in [-0.25, -0.2) is 0 Å². The van der Waals surface area contributed by atoms with Gasteiger partial charge in [0.15, 0.2) is 6.61 Å². The standard InChI is InChI=1S/C14H16F3NO4/c1-10-2-4-11(5-3-10)21-7-6-13(20)22-8-12(19)18-9-14(15,16)17/h2-5H,6-9H2,1H3,(H,18,19). The molecule has 22 heavy (non-hydrogen) atoms. The van der Waals surface area contributed by atoms with Crippen molar-refractivity contribution in [3.05, 3.63) is 29.8 Å². The minimum atomic E-state index is -4.50. The first kappa shape index (κ1) is 17.8. The number of aryl methyl sites for hydroxylation is 1. The molecule has 1 aromatic carbocycles. The van der Waals surface area contributed by atoms with E-state index >= 15 is 0 Å². The van der Waals surface area contributed by atoms with E-state index in [1.807, 2.05) is 19.1 Å². The van der Waals surface area contributed by atoms with Crippen LogP contribution in [0.2, 0.25) is 0 Å². The number of esters is 1. The molecular weight excluding hydrogens is 303 g/mol. The second-order valence-corrected chi connectivity index (χ2v) is 4.46. The molecule has 1 rings (SSSR count). The molecule has 1 aromatic rings. The number of amides is 1. The highest BCUT2D eigenvalue weighted by Crippen LogP contribution is 2.12. The van der Waals surface area contributed by atoms with Crippen LogP contribution in [0, 0.1) is 6.92 Å². The van der Waals surface area contributed by atoms with Crippen molar-refractivity contribution in [2.24, 2.45) is 0 Å². The van der Waals surface area contributed by atoms with Crippen LogP contribution in [0.15, 0.2) is 24.3 Å². The van der Waals surface area contributed by atoms with Gasteiger partial charge in [0.2, 0.25) is 0 Å².